The van der Waals surface area contributed by atoms with Gasteiger partial charge in [-0.1, -0.05) is 13.0 Å². The number of primary amides is 1. The second kappa shape index (κ2) is 7.19. The third-order valence-corrected chi connectivity index (χ3v) is 4.49. The Hall–Kier alpha value is -1.69. The molecule has 6 heteroatoms. The summed E-state index contributed by atoms with van der Waals surface area (Å²) in [5.41, 5.74) is 7.37. The number of carbonyl (C=O) groups excluding carboxylic acids is 2. The zero-order chi connectivity index (χ0) is 15.3. The molecule has 5 nitrogen and oxygen atoms in total. The number of methoxy groups -OCH3 is 1. The first-order valence-electron chi connectivity index (χ1n) is 6.17. The van der Waals surface area contributed by atoms with Gasteiger partial charge < -0.3 is 10.5 Å². The minimum absolute atomic E-state index is 0.254. The largest absolute Gasteiger partial charge is 0.469 e. The van der Waals surface area contributed by atoms with Crippen molar-refractivity contribution in [2.45, 2.75) is 19.6 Å². The molecule has 0 aliphatic rings. The first kappa shape index (κ1) is 16.4. The normalized spacial score (nSPS) is 13.6. The summed E-state index contributed by atoms with van der Waals surface area (Å²) >= 11 is 0. The van der Waals surface area contributed by atoms with E-state index in [1.807, 2.05) is 6.92 Å². The number of hydrogen-bond acceptors (Lipinski definition) is 4. The van der Waals surface area contributed by atoms with Gasteiger partial charge in [-0.15, -0.1) is 0 Å². The van der Waals surface area contributed by atoms with Crippen LogP contribution in [0.2, 0.25) is 0 Å². The summed E-state index contributed by atoms with van der Waals surface area (Å²) in [6.07, 6.45) is 0. The fraction of sp³-hybridized carbons (Fsp3) is 0.429. The van der Waals surface area contributed by atoms with Crippen LogP contribution in [-0.2, 0) is 26.1 Å². The lowest BCUT2D eigenvalue weighted by molar-refractivity contribution is -0.144. The molecule has 0 saturated heterocycles. The molecular weight excluding hydrogens is 278 g/mol. The Bertz CT molecular complexity index is 542. The lowest BCUT2D eigenvalue weighted by atomic mass is 10.1. The second-order valence-electron chi connectivity index (χ2n) is 4.68. The molecule has 0 radical (unpaired) electrons. The molecule has 0 spiro atoms. The fourth-order valence-corrected chi connectivity index (χ4v) is 3.27. The van der Waals surface area contributed by atoms with Crippen LogP contribution in [0.25, 0.3) is 0 Å². The minimum Gasteiger partial charge on any atom is -0.469 e. The van der Waals surface area contributed by atoms with Gasteiger partial charge in [0.1, 0.15) is 0 Å². The SMILES string of the molecule is COC(=O)C(C)CS(=O)Cc1ccc(C(N)=O)cc1C. The Morgan fingerprint density at radius 1 is 1.40 bits per heavy atom. The fourth-order valence-electron chi connectivity index (χ4n) is 1.79. The van der Waals surface area contributed by atoms with Gasteiger partial charge in [-0.05, 0) is 30.2 Å². The van der Waals surface area contributed by atoms with Crippen molar-refractivity contribution >= 4 is 22.7 Å². The van der Waals surface area contributed by atoms with Crippen LogP contribution in [-0.4, -0.2) is 28.9 Å². The first-order valence-corrected chi connectivity index (χ1v) is 7.66. The van der Waals surface area contributed by atoms with E-state index in [4.69, 9.17) is 5.73 Å². The first-order chi connectivity index (χ1) is 9.35. The number of ether oxygens (including phenoxy) is 1. The molecule has 2 N–H and O–H groups in total. The van der Waals surface area contributed by atoms with Gasteiger partial charge in [0.15, 0.2) is 0 Å². The van der Waals surface area contributed by atoms with E-state index in [1.54, 1.807) is 25.1 Å². The smallest absolute Gasteiger partial charge is 0.309 e. The van der Waals surface area contributed by atoms with Crippen LogP contribution < -0.4 is 5.73 Å². The van der Waals surface area contributed by atoms with Crippen LogP contribution in [0.1, 0.15) is 28.4 Å². The summed E-state index contributed by atoms with van der Waals surface area (Å²) in [4.78, 5) is 22.3. The Morgan fingerprint density at radius 2 is 2.05 bits per heavy atom. The maximum atomic E-state index is 12.0. The maximum absolute atomic E-state index is 12.0. The number of benzene rings is 1. The van der Waals surface area contributed by atoms with E-state index in [1.165, 1.54) is 7.11 Å². The standard InChI is InChI=1S/C14H19NO4S/c1-9-6-11(13(15)16)4-5-12(9)8-20(18)7-10(2)14(17)19-3/h4-6,10H,7-8H2,1-3H3,(H2,15,16). The van der Waals surface area contributed by atoms with Crippen LogP contribution in [0, 0.1) is 12.8 Å². The number of esters is 1. The van der Waals surface area contributed by atoms with E-state index in [9.17, 15) is 13.8 Å². The van der Waals surface area contributed by atoms with Crippen molar-refractivity contribution in [1.29, 1.82) is 0 Å². The van der Waals surface area contributed by atoms with Gasteiger partial charge in [-0.25, -0.2) is 0 Å². The van der Waals surface area contributed by atoms with E-state index in [-0.39, 0.29) is 11.7 Å². The van der Waals surface area contributed by atoms with Crippen LogP contribution in [0.15, 0.2) is 18.2 Å². The second-order valence-corrected chi connectivity index (χ2v) is 6.18. The molecule has 0 aliphatic heterocycles. The predicted octanol–water partition coefficient (Wildman–Crippen LogP) is 1.15. The van der Waals surface area contributed by atoms with Crippen molar-refractivity contribution in [2.24, 2.45) is 11.7 Å². The van der Waals surface area contributed by atoms with Crippen molar-refractivity contribution in [3.63, 3.8) is 0 Å². The van der Waals surface area contributed by atoms with Crippen molar-refractivity contribution < 1.29 is 18.5 Å². The molecule has 20 heavy (non-hydrogen) atoms. The van der Waals surface area contributed by atoms with Gasteiger partial charge in [0, 0.05) is 27.9 Å². The van der Waals surface area contributed by atoms with Crippen LogP contribution in [0.5, 0.6) is 0 Å². The van der Waals surface area contributed by atoms with Gasteiger partial charge in [-0.2, -0.15) is 0 Å². The van der Waals surface area contributed by atoms with Crippen LogP contribution in [0.3, 0.4) is 0 Å². The molecule has 1 rings (SSSR count). The molecule has 0 fully saturated rings. The summed E-state index contributed by atoms with van der Waals surface area (Å²) in [5.74, 6) is -0.652. The van der Waals surface area contributed by atoms with Crippen molar-refractivity contribution in [3.05, 3.63) is 34.9 Å². The summed E-state index contributed by atoms with van der Waals surface area (Å²) in [6.45, 7) is 3.52. The van der Waals surface area contributed by atoms with Crippen LogP contribution in [0.4, 0.5) is 0 Å². The van der Waals surface area contributed by atoms with E-state index in [0.717, 1.165) is 11.1 Å². The molecule has 0 aliphatic carbocycles. The summed E-state index contributed by atoms with van der Waals surface area (Å²) < 4.78 is 16.6. The Balaban J connectivity index is 2.71. The van der Waals surface area contributed by atoms with E-state index < -0.39 is 22.6 Å². The average Bonchev–Trinajstić information content (AvgIpc) is 2.39. The number of rotatable bonds is 6. The highest BCUT2D eigenvalue weighted by Gasteiger charge is 2.17. The summed E-state index contributed by atoms with van der Waals surface area (Å²) in [7, 11) is 0.146. The summed E-state index contributed by atoms with van der Waals surface area (Å²) in [6, 6.07) is 5.04. The van der Waals surface area contributed by atoms with Crippen molar-refractivity contribution in [1.82, 2.24) is 0 Å². The van der Waals surface area contributed by atoms with Crippen molar-refractivity contribution in [3.8, 4) is 0 Å². The lowest BCUT2D eigenvalue weighted by Crippen LogP contribution is -2.20. The molecule has 1 aromatic rings. The van der Waals surface area contributed by atoms with Gasteiger partial charge in [-0.3, -0.25) is 13.8 Å². The molecule has 1 amide bonds. The maximum Gasteiger partial charge on any atom is 0.309 e. The third-order valence-electron chi connectivity index (χ3n) is 2.98. The summed E-state index contributed by atoms with van der Waals surface area (Å²) in [5, 5.41) is 0. The highest BCUT2D eigenvalue weighted by atomic mass is 32.2. The Morgan fingerprint density at radius 3 is 2.55 bits per heavy atom. The lowest BCUT2D eigenvalue weighted by Gasteiger charge is -2.10. The predicted molar refractivity (Wildman–Crippen MR) is 77.6 cm³/mol. The number of amides is 1. The Kier molecular flexibility index (Phi) is 5.88. The zero-order valence-corrected chi connectivity index (χ0v) is 12.7. The zero-order valence-electron chi connectivity index (χ0n) is 11.8. The van der Waals surface area contributed by atoms with Gasteiger partial charge in [0.2, 0.25) is 5.91 Å². The molecule has 0 heterocycles. The van der Waals surface area contributed by atoms with Gasteiger partial charge >= 0.3 is 5.97 Å². The molecule has 2 unspecified atom stereocenters. The number of carbonyl (C=O) groups is 2. The van der Waals surface area contributed by atoms with Gasteiger partial charge in [0.05, 0.1) is 13.0 Å². The van der Waals surface area contributed by atoms with E-state index in [0.29, 0.717) is 11.3 Å². The topological polar surface area (TPSA) is 86.5 Å². The molecule has 0 aromatic heterocycles. The van der Waals surface area contributed by atoms with E-state index in [2.05, 4.69) is 4.74 Å². The molecule has 0 bridgehead atoms. The quantitative estimate of drug-likeness (QED) is 0.798. The Labute approximate surface area is 121 Å². The highest BCUT2D eigenvalue weighted by Crippen LogP contribution is 2.14. The molecule has 0 saturated carbocycles. The molecular formula is C14H19NO4S. The van der Waals surface area contributed by atoms with Crippen LogP contribution >= 0.6 is 0 Å². The number of aryl methyl sites for hydroxylation is 1. The monoisotopic (exact) mass is 297 g/mol. The number of hydrogen-bond donors (Lipinski definition) is 1. The highest BCUT2D eigenvalue weighted by molar-refractivity contribution is 7.84. The molecule has 1 aromatic carbocycles. The van der Waals surface area contributed by atoms with Crippen molar-refractivity contribution in [2.75, 3.05) is 12.9 Å². The number of nitrogens with two attached hydrogens (primary N) is 1. The third kappa shape index (κ3) is 4.45. The molecule has 110 valence electrons. The average molecular weight is 297 g/mol. The van der Waals surface area contributed by atoms with Gasteiger partial charge in [0.25, 0.3) is 0 Å². The minimum atomic E-state index is -1.17. The molecule has 2 atom stereocenters. The van der Waals surface area contributed by atoms with E-state index >= 15 is 0 Å².